The number of esters is 1. The van der Waals surface area contributed by atoms with Gasteiger partial charge in [0.1, 0.15) is 0 Å². The predicted octanol–water partition coefficient (Wildman–Crippen LogP) is 3.61. The van der Waals surface area contributed by atoms with Crippen molar-refractivity contribution in [3.05, 3.63) is 34.9 Å². The Bertz CT molecular complexity index is 610. The highest BCUT2D eigenvalue weighted by Crippen LogP contribution is 2.49. The van der Waals surface area contributed by atoms with Crippen molar-refractivity contribution in [3.63, 3.8) is 0 Å². The first kappa shape index (κ1) is 17.3. The van der Waals surface area contributed by atoms with Gasteiger partial charge in [0.15, 0.2) is 6.61 Å². The summed E-state index contributed by atoms with van der Waals surface area (Å²) < 4.78 is 5.31. The number of ether oxygens (including phenoxy) is 1. The molecule has 1 N–H and O–H groups in total. The fourth-order valence-corrected chi connectivity index (χ4v) is 3.68. The Morgan fingerprint density at radius 3 is 2.50 bits per heavy atom. The number of hydrogen-bond acceptors (Lipinski definition) is 3. The molecule has 0 heterocycles. The van der Waals surface area contributed by atoms with E-state index in [4.69, 9.17) is 16.3 Å². The number of nitrogens with one attached hydrogen (secondary N) is 1. The van der Waals surface area contributed by atoms with Crippen molar-refractivity contribution in [3.8, 4) is 0 Å². The van der Waals surface area contributed by atoms with Crippen LogP contribution in [0.3, 0.4) is 0 Å². The van der Waals surface area contributed by atoms with Crippen LogP contribution in [0, 0.1) is 5.92 Å². The number of halogens is 1. The lowest BCUT2D eigenvalue weighted by molar-refractivity contribution is -0.151. The fraction of sp³-hybridized carbons (Fsp3) is 0.579. The summed E-state index contributed by atoms with van der Waals surface area (Å²) in [5.74, 6) is -0.0204. The van der Waals surface area contributed by atoms with Crippen LogP contribution in [-0.4, -0.2) is 24.5 Å². The highest BCUT2D eigenvalue weighted by Gasteiger charge is 2.52. The van der Waals surface area contributed by atoms with E-state index in [0.717, 1.165) is 37.7 Å². The van der Waals surface area contributed by atoms with E-state index in [-0.39, 0.29) is 24.5 Å². The molecule has 2 atom stereocenters. The molecule has 2 aliphatic rings. The Labute approximate surface area is 147 Å². The smallest absolute Gasteiger partial charge is 0.317 e. The lowest BCUT2D eigenvalue weighted by Crippen LogP contribution is -2.43. The van der Waals surface area contributed by atoms with Gasteiger partial charge in [0.25, 0.3) is 5.91 Å². The largest absolute Gasteiger partial charge is 0.455 e. The quantitative estimate of drug-likeness (QED) is 0.826. The third-order valence-corrected chi connectivity index (χ3v) is 5.58. The second-order valence-corrected chi connectivity index (χ2v) is 7.54. The number of amides is 1. The number of carbonyl (C=O) groups is 2. The molecule has 2 aliphatic carbocycles. The lowest BCUT2D eigenvalue weighted by atomic mass is 9.86. The lowest BCUT2D eigenvalue weighted by Gasteiger charge is -2.29. The Morgan fingerprint density at radius 1 is 1.21 bits per heavy atom. The molecule has 1 aromatic rings. The maximum Gasteiger partial charge on any atom is 0.317 e. The van der Waals surface area contributed by atoms with Gasteiger partial charge in [-0.05, 0) is 49.3 Å². The standard InChI is InChI=1S/C19H24ClNO3/c1-13-4-2-3-5-16(13)21-17(22)12-24-18(23)19(10-11-19)14-6-8-15(20)9-7-14/h6-9,13,16H,2-5,10-12H2,1H3,(H,21,22)/t13-,16-/m1/s1. The molecular weight excluding hydrogens is 326 g/mol. The summed E-state index contributed by atoms with van der Waals surface area (Å²) in [5, 5.41) is 3.65. The summed E-state index contributed by atoms with van der Waals surface area (Å²) in [6.07, 6.45) is 6.05. The zero-order valence-electron chi connectivity index (χ0n) is 14.0. The van der Waals surface area contributed by atoms with Crippen LogP contribution in [0.2, 0.25) is 5.02 Å². The van der Waals surface area contributed by atoms with E-state index in [1.165, 1.54) is 6.42 Å². The highest BCUT2D eigenvalue weighted by molar-refractivity contribution is 6.30. The summed E-state index contributed by atoms with van der Waals surface area (Å²) in [7, 11) is 0. The second kappa shape index (κ2) is 7.14. The Kier molecular flexibility index (Phi) is 5.14. The molecule has 0 spiro atoms. The highest BCUT2D eigenvalue weighted by atomic mass is 35.5. The normalized spacial score (nSPS) is 24.9. The van der Waals surface area contributed by atoms with E-state index in [1.54, 1.807) is 12.1 Å². The molecule has 0 radical (unpaired) electrons. The fourth-order valence-electron chi connectivity index (χ4n) is 3.55. The Morgan fingerprint density at radius 2 is 1.88 bits per heavy atom. The summed E-state index contributed by atoms with van der Waals surface area (Å²) in [6.45, 7) is 1.97. The van der Waals surface area contributed by atoms with Gasteiger partial charge in [-0.2, -0.15) is 0 Å². The first-order chi connectivity index (χ1) is 11.5. The van der Waals surface area contributed by atoms with E-state index in [2.05, 4.69) is 12.2 Å². The van der Waals surface area contributed by atoms with Gasteiger partial charge in [0.05, 0.1) is 5.41 Å². The molecule has 5 heteroatoms. The maximum atomic E-state index is 12.4. The molecule has 1 amide bonds. The molecule has 3 rings (SSSR count). The number of hydrogen-bond donors (Lipinski definition) is 1. The molecule has 0 saturated heterocycles. The minimum atomic E-state index is -0.580. The van der Waals surface area contributed by atoms with Gasteiger partial charge in [0.2, 0.25) is 0 Å². The minimum Gasteiger partial charge on any atom is -0.455 e. The molecule has 1 aromatic carbocycles. The zero-order chi connectivity index (χ0) is 17.2. The molecule has 0 unspecified atom stereocenters. The van der Waals surface area contributed by atoms with Crippen molar-refractivity contribution in [2.24, 2.45) is 5.92 Å². The average Bonchev–Trinajstić information content (AvgIpc) is 3.37. The number of benzene rings is 1. The zero-order valence-corrected chi connectivity index (χ0v) is 14.8. The van der Waals surface area contributed by atoms with Crippen LogP contribution < -0.4 is 5.32 Å². The van der Waals surface area contributed by atoms with Gasteiger partial charge in [-0.25, -0.2) is 0 Å². The van der Waals surface area contributed by atoms with E-state index < -0.39 is 5.41 Å². The molecule has 0 aromatic heterocycles. The third kappa shape index (κ3) is 3.75. The van der Waals surface area contributed by atoms with Gasteiger partial charge in [-0.15, -0.1) is 0 Å². The van der Waals surface area contributed by atoms with Crippen molar-refractivity contribution >= 4 is 23.5 Å². The van der Waals surface area contributed by atoms with E-state index >= 15 is 0 Å². The number of carbonyl (C=O) groups excluding carboxylic acids is 2. The van der Waals surface area contributed by atoms with Gasteiger partial charge in [0, 0.05) is 11.1 Å². The summed E-state index contributed by atoms with van der Waals surface area (Å²) in [4.78, 5) is 24.5. The first-order valence-electron chi connectivity index (χ1n) is 8.74. The van der Waals surface area contributed by atoms with Gasteiger partial charge >= 0.3 is 5.97 Å². The molecule has 0 bridgehead atoms. The van der Waals surface area contributed by atoms with E-state index in [1.807, 2.05) is 12.1 Å². The van der Waals surface area contributed by atoms with Crippen molar-refractivity contribution in [1.29, 1.82) is 0 Å². The second-order valence-electron chi connectivity index (χ2n) is 7.10. The van der Waals surface area contributed by atoms with Gasteiger partial charge < -0.3 is 10.1 Å². The van der Waals surface area contributed by atoms with Crippen molar-refractivity contribution in [1.82, 2.24) is 5.32 Å². The van der Waals surface area contributed by atoms with Crippen LogP contribution in [0.1, 0.15) is 51.0 Å². The first-order valence-corrected chi connectivity index (χ1v) is 9.12. The van der Waals surface area contributed by atoms with Crippen molar-refractivity contribution < 1.29 is 14.3 Å². The maximum absolute atomic E-state index is 12.4. The molecule has 130 valence electrons. The van der Waals surface area contributed by atoms with E-state index in [0.29, 0.717) is 10.9 Å². The van der Waals surface area contributed by atoms with Crippen LogP contribution in [0.4, 0.5) is 0 Å². The topological polar surface area (TPSA) is 55.4 Å². The predicted molar refractivity (Wildman–Crippen MR) is 92.9 cm³/mol. The van der Waals surface area contributed by atoms with Crippen molar-refractivity contribution in [2.45, 2.75) is 56.9 Å². The Hall–Kier alpha value is -1.55. The Balaban J connectivity index is 1.52. The molecule has 24 heavy (non-hydrogen) atoms. The van der Waals surface area contributed by atoms with Crippen LogP contribution in [0.25, 0.3) is 0 Å². The molecule has 0 aliphatic heterocycles. The van der Waals surface area contributed by atoms with E-state index in [9.17, 15) is 9.59 Å². The molecule has 2 fully saturated rings. The molecule has 2 saturated carbocycles. The third-order valence-electron chi connectivity index (χ3n) is 5.33. The van der Waals surface area contributed by atoms with Gasteiger partial charge in [-0.1, -0.05) is 43.5 Å². The van der Waals surface area contributed by atoms with Crippen LogP contribution in [-0.2, 0) is 19.7 Å². The average molecular weight is 350 g/mol. The minimum absolute atomic E-state index is 0.197. The van der Waals surface area contributed by atoms with Crippen molar-refractivity contribution in [2.75, 3.05) is 6.61 Å². The molecular formula is C19H24ClNO3. The van der Waals surface area contributed by atoms with Crippen LogP contribution in [0.5, 0.6) is 0 Å². The van der Waals surface area contributed by atoms with Crippen LogP contribution >= 0.6 is 11.6 Å². The monoisotopic (exact) mass is 349 g/mol. The number of rotatable bonds is 5. The summed E-state index contributed by atoms with van der Waals surface area (Å²) in [6, 6.07) is 7.49. The van der Waals surface area contributed by atoms with Gasteiger partial charge in [-0.3, -0.25) is 9.59 Å². The summed E-state index contributed by atoms with van der Waals surface area (Å²) >= 11 is 5.90. The SMILES string of the molecule is C[C@@H]1CCCC[C@H]1NC(=O)COC(=O)C1(c2ccc(Cl)cc2)CC1. The summed E-state index contributed by atoms with van der Waals surface area (Å²) in [5.41, 5.74) is 0.335. The molecule has 4 nitrogen and oxygen atoms in total. The van der Waals surface area contributed by atoms with Crippen LogP contribution in [0.15, 0.2) is 24.3 Å².